The molecule has 2 bridgehead atoms. The smallest absolute Gasteiger partial charge is 0.0326 e. The number of hydrogen-bond acceptors (Lipinski definition) is 2. The number of halogens is 1. The largest absolute Gasteiger partial charge is 0.310 e. The van der Waals surface area contributed by atoms with Gasteiger partial charge in [0.1, 0.15) is 0 Å². The Labute approximate surface area is 136 Å². The van der Waals surface area contributed by atoms with Crippen molar-refractivity contribution in [2.45, 2.75) is 56.7 Å². The molecule has 1 aromatic carbocycles. The number of rotatable bonds is 3. The van der Waals surface area contributed by atoms with Gasteiger partial charge < -0.3 is 10.2 Å². The summed E-state index contributed by atoms with van der Waals surface area (Å²) in [4.78, 5) is 2.64. The van der Waals surface area contributed by atoms with Crippen molar-refractivity contribution in [2.24, 2.45) is 5.92 Å². The van der Waals surface area contributed by atoms with Gasteiger partial charge in [-0.15, -0.1) is 0 Å². The molecule has 2 nitrogen and oxygen atoms in total. The fraction of sp³-hybridized carbons (Fsp3) is 0.667. The zero-order valence-corrected chi connectivity index (χ0v) is 14.4. The quantitative estimate of drug-likeness (QED) is 0.890. The number of piperidine rings is 1. The molecule has 2 aliphatic heterocycles. The monoisotopic (exact) mass is 348 g/mol. The van der Waals surface area contributed by atoms with E-state index in [4.69, 9.17) is 0 Å². The van der Waals surface area contributed by atoms with Crippen molar-refractivity contribution in [1.29, 1.82) is 0 Å². The highest BCUT2D eigenvalue weighted by Crippen LogP contribution is 2.38. The Balaban J connectivity index is 1.37. The topological polar surface area (TPSA) is 15.3 Å². The van der Waals surface area contributed by atoms with E-state index in [0.29, 0.717) is 6.04 Å². The second-order valence-corrected chi connectivity index (χ2v) is 8.15. The molecule has 0 radical (unpaired) electrons. The Hall–Kier alpha value is -0.380. The van der Waals surface area contributed by atoms with Crippen LogP contribution in [-0.2, 0) is 6.42 Å². The third kappa shape index (κ3) is 2.69. The third-order valence-electron chi connectivity index (χ3n) is 6.03. The van der Waals surface area contributed by atoms with E-state index >= 15 is 0 Å². The van der Waals surface area contributed by atoms with Gasteiger partial charge in [-0.3, -0.25) is 0 Å². The Bertz CT molecular complexity index is 516. The predicted octanol–water partition coefficient (Wildman–Crippen LogP) is 3.90. The van der Waals surface area contributed by atoms with Crippen LogP contribution in [-0.4, -0.2) is 30.6 Å². The maximum absolute atomic E-state index is 3.88. The van der Waals surface area contributed by atoms with Crippen molar-refractivity contribution in [3.63, 3.8) is 0 Å². The van der Waals surface area contributed by atoms with Crippen molar-refractivity contribution in [2.75, 3.05) is 13.6 Å². The Morgan fingerprint density at radius 3 is 2.71 bits per heavy atom. The molecule has 114 valence electrons. The molecule has 3 unspecified atom stereocenters. The van der Waals surface area contributed by atoms with Crippen molar-refractivity contribution in [3.05, 3.63) is 33.8 Å². The number of fused-ring (bicyclic) bond motifs is 3. The summed E-state index contributed by atoms with van der Waals surface area (Å²) in [5.41, 5.74) is 3.07. The molecule has 3 aliphatic rings. The van der Waals surface area contributed by atoms with Gasteiger partial charge in [-0.05, 0) is 81.3 Å². The third-order valence-corrected chi connectivity index (χ3v) is 6.52. The molecular weight excluding hydrogens is 324 g/mol. The van der Waals surface area contributed by atoms with Gasteiger partial charge in [0, 0.05) is 22.6 Å². The highest BCUT2D eigenvalue weighted by atomic mass is 79.9. The molecule has 3 atom stereocenters. The highest BCUT2D eigenvalue weighted by molar-refractivity contribution is 9.10. The van der Waals surface area contributed by atoms with Crippen LogP contribution in [0.5, 0.6) is 0 Å². The summed E-state index contributed by atoms with van der Waals surface area (Å²) in [6.07, 6.45) is 8.16. The van der Waals surface area contributed by atoms with E-state index < -0.39 is 0 Å². The summed E-state index contributed by atoms with van der Waals surface area (Å²) in [7, 11) is 2.33. The van der Waals surface area contributed by atoms with Crippen LogP contribution in [0, 0.1) is 5.92 Å². The van der Waals surface area contributed by atoms with Gasteiger partial charge in [-0.25, -0.2) is 0 Å². The minimum atomic E-state index is 0.588. The van der Waals surface area contributed by atoms with Gasteiger partial charge in [0.25, 0.3) is 0 Å². The molecule has 2 fully saturated rings. The van der Waals surface area contributed by atoms with E-state index in [1.807, 2.05) is 0 Å². The fourth-order valence-corrected chi connectivity index (χ4v) is 5.21. The molecular formula is C18H25BrN2. The number of nitrogens with one attached hydrogen (secondary N) is 1. The van der Waals surface area contributed by atoms with Gasteiger partial charge in [-0.1, -0.05) is 22.0 Å². The van der Waals surface area contributed by atoms with E-state index in [-0.39, 0.29) is 0 Å². The van der Waals surface area contributed by atoms with Crippen LogP contribution in [0.4, 0.5) is 0 Å². The maximum Gasteiger partial charge on any atom is 0.0326 e. The lowest BCUT2D eigenvalue weighted by atomic mass is 9.90. The molecule has 2 saturated heterocycles. The molecule has 4 rings (SSSR count). The maximum atomic E-state index is 3.88. The van der Waals surface area contributed by atoms with Gasteiger partial charge >= 0.3 is 0 Å². The summed E-state index contributed by atoms with van der Waals surface area (Å²) in [6.45, 7) is 1.21. The van der Waals surface area contributed by atoms with Crippen molar-refractivity contribution in [3.8, 4) is 0 Å². The van der Waals surface area contributed by atoms with E-state index in [1.54, 1.807) is 0 Å². The summed E-state index contributed by atoms with van der Waals surface area (Å²) < 4.78 is 1.22. The molecule has 0 saturated carbocycles. The second-order valence-electron chi connectivity index (χ2n) is 7.23. The van der Waals surface area contributed by atoms with Crippen LogP contribution in [0.25, 0.3) is 0 Å². The zero-order valence-electron chi connectivity index (χ0n) is 12.8. The van der Waals surface area contributed by atoms with Crippen LogP contribution in [0.1, 0.15) is 49.3 Å². The molecule has 1 N–H and O–H groups in total. The molecule has 0 amide bonds. The SMILES string of the molecule is CN1C2CCC1CC(CNC1CCc3cc(Br)ccc31)C2. The van der Waals surface area contributed by atoms with E-state index in [0.717, 1.165) is 18.0 Å². The first kappa shape index (κ1) is 14.2. The van der Waals surface area contributed by atoms with Crippen LogP contribution >= 0.6 is 15.9 Å². The van der Waals surface area contributed by atoms with Gasteiger partial charge in [-0.2, -0.15) is 0 Å². The van der Waals surface area contributed by atoms with Crippen molar-refractivity contribution < 1.29 is 0 Å². The summed E-state index contributed by atoms with van der Waals surface area (Å²) >= 11 is 3.59. The van der Waals surface area contributed by atoms with Gasteiger partial charge in [0.2, 0.25) is 0 Å². The molecule has 3 heteroatoms. The number of benzene rings is 1. The summed E-state index contributed by atoms with van der Waals surface area (Å²) in [5.74, 6) is 0.887. The Kier molecular flexibility index (Phi) is 3.85. The molecule has 21 heavy (non-hydrogen) atoms. The van der Waals surface area contributed by atoms with Crippen LogP contribution in [0.15, 0.2) is 22.7 Å². The van der Waals surface area contributed by atoms with E-state index in [2.05, 4.69) is 51.4 Å². The lowest BCUT2D eigenvalue weighted by molar-refractivity contribution is 0.131. The minimum absolute atomic E-state index is 0.588. The number of hydrogen-bond donors (Lipinski definition) is 1. The molecule has 2 heterocycles. The van der Waals surface area contributed by atoms with E-state index in [1.165, 1.54) is 60.7 Å². The average Bonchev–Trinajstić information content (AvgIpc) is 2.93. The fourth-order valence-electron chi connectivity index (χ4n) is 4.80. The van der Waals surface area contributed by atoms with Crippen molar-refractivity contribution in [1.82, 2.24) is 10.2 Å². The first-order chi connectivity index (χ1) is 10.2. The predicted molar refractivity (Wildman–Crippen MR) is 90.5 cm³/mol. The van der Waals surface area contributed by atoms with Gasteiger partial charge in [0.05, 0.1) is 0 Å². The molecule has 0 aromatic heterocycles. The number of aryl methyl sites for hydroxylation is 1. The van der Waals surface area contributed by atoms with Crippen LogP contribution in [0.2, 0.25) is 0 Å². The Morgan fingerprint density at radius 1 is 1.19 bits per heavy atom. The molecule has 1 aliphatic carbocycles. The minimum Gasteiger partial charge on any atom is -0.310 e. The van der Waals surface area contributed by atoms with Crippen LogP contribution < -0.4 is 5.32 Å². The number of nitrogens with zero attached hydrogens (tertiary/aromatic N) is 1. The standard InChI is InChI=1S/C18H25BrN2/c1-21-15-4-5-16(21)9-12(8-15)11-20-18-7-2-13-10-14(19)3-6-17(13)18/h3,6,10,12,15-16,18,20H,2,4-5,7-9,11H2,1H3. The first-order valence-electron chi connectivity index (χ1n) is 8.44. The average molecular weight is 349 g/mol. The lowest BCUT2D eigenvalue weighted by Gasteiger charge is -2.36. The Morgan fingerprint density at radius 2 is 1.95 bits per heavy atom. The van der Waals surface area contributed by atoms with E-state index in [9.17, 15) is 0 Å². The van der Waals surface area contributed by atoms with Crippen LogP contribution in [0.3, 0.4) is 0 Å². The normalized spacial score (nSPS) is 35.1. The summed E-state index contributed by atoms with van der Waals surface area (Å²) in [6, 6.07) is 9.11. The lowest BCUT2D eigenvalue weighted by Crippen LogP contribution is -2.42. The van der Waals surface area contributed by atoms with Gasteiger partial charge in [0.15, 0.2) is 0 Å². The zero-order chi connectivity index (χ0) is 14.4. The first-order valence-corrected chi connectivity index (χ1v) is 9.23. The van der Waals surface area contributed by atoms with Crippen molar-refractivity contribution >= 4 is 15.9 Å². The summed E-state index contributed by atoms with van der Waals surface area (Å²) in [5, 5.41) is 3.88. The highest BCUT2D eigenvalue weighted by Gasteiger charge is 2.38. The second kappa shape index (κ2) is 5.68. The molecule has 1 aromatic rings. The molecule has 0 spiro atoms.